The molecule has 0 aliphatic heterocycles. The van der Waals surface area contributed by atoms with Crippen molar-refractivity contribution in [2.75, 3.05) is 13.6 Å². The van der Waals surface area contributed by atoms with Gasteiger partial charge in [0.25, 0.3) is 0 Å². The van der Waals surface area contributed by atoms with Crippen LogP contribution in [0.4, 0.5) is 18.9 Å². The van der Waals surface area contributed by atoms with Gasteiger partial charge in [-0.15, -0.1) is 0 Å². The zero-order valence-electron chi connectivity index (χ0n) is 17.9. The fourth-order valence-corrected chi connectivity index (χ4v) is 2.96. The van der Waals surface area contributed by atoms with E-state index in [4.69, 9.17) is 9.73 Å². The molecule has 2 rings (SSSR count). The van der Waals surface area contributed by atoms with Gasteiger partial charge in [0.2, 0.25) is 0 Å². The first-order valence-electron chi connectivity index (χ1n) is 9.80. The third-order valence-corrected chi connectivity index (χ3v) is 4.87. The van der Waals surface area contributed by atoms with Crippen molar-refractivity contribution in [2.45, 2.75) is 46.9 Å². The number of halogens is 3. The number of amidine groups is 1. The highest BCUT2D eigenvalue weighted by Crippen LogP contribution is 2.30. The fourth-order valence-electron chi connectivity index (χ4n) is 2.96. The summed E-state index contributed by atoms with van der Waals surface area (Å²) in [4.78, 5) is 19.3. The molecule has 0 saturated carbocycles. The molecular weight excluding hydrogens is 393 g/mol. The number of alkyl halides is 3. The number of hydrogen-bond acceptors (Lipinski definition) is 3. The van der Waals surface area contributed by atoms with Crippen molar-refractivity contribution in [1.82, 2.24) is 4.90 Å². The maximum Gasteiger partial charge on any atom is 0.416 e. The number of aryl methyl sites for hydroxylation is 2. The number of rotatable bonds is 6. The van der Waals surface area contributed by atoms with E-state index >= 15 is 0 Å². The standard InChI is InChI=1S/C23H27F3N2O2/c1-6-21(28(5)7-2)27-20-12-15(3)19(11-16(20)4)22(29)30-14-17-9-8-10-18(13-17)23(24,25)26/h8-13H,6-7,14H2,1-5H3/b27-21+. The van der Waals surface area contributed by atoms with Crippen LogP contribution in [0.1, 0.15) is 52.9 Å². The van der Waals surface area contributed by atoms with Gasteiger partial charge in [-0.1, -0.05) is 19.1 Å². The molecule has 0 aliphatic rings. The zero-order valence-corrected chi connectivity index (χ0v) is 17.9. The molecular formula is C23H27F3N2O2. The van der Waals surface area contributed by atoms with Gasteiger partial charge in [0.1, 0.15) is 12.4 Å². The summed E-state index contributed by atoms with van der Waals surface area (Å²) in [5, 5.41) is 0. The number of ether oxygens (including phenoxy) is 1. The molecule has 0 amide bonds. The highest BCUT2D eigenvalue weighted by Gasteiger charge is 2.30. The monoisotopic (exact) mass is 420 g/mol. The molecule has 0 bridgehead atoms. The first-order valence-corrected chi connectivity index (χ1v) is 9.80. The smallest absolute Gasteiger partial charge is 0.416 e. The van der Waals surface area contributed by atoms with Gasteiger partial charge >= 0.3 is 12.1 Å². The van der Waals surface area contributed by atoms with E-state index in [0.29, 0.717) is 11.1 Å². The van der Waals surface area contributed by atoms with E-state index in [2.05, 4.69) is 4.90 Å². The van der Waals surface area contributed by atoms with Gasteiger partial charge in [0, 0.05) is 20.0 Å². The summed E-state index contributed by atoms with van der Waals surface area (Å²) in [6.45, 7) is 8.34. The van der Waals surface area contributed by atoms with E-state index in [1.165, 1.54) is 12.1 Å². The molecule has 2 aromatic carbocycles. The molecule has 0 saturated heterocycles. The summed E-state index contributed by atoms with van der Waals surface area (Å²) in [7, 11) is 1.98. The van der Waals surface area contributed by atoms with E-state index in [1.54, 1.807) is 13.0 Å². The number of aliphatic imine (C=N–C) groups is 1. The largest absolute Gasteiger partial charge is 0.457 e. The van der Waals surface area contributed by atoms with Gasteiger partial charge in [-0.05, 0) is 61.7 Å². The molecule has 7 heteroatoms. The van der Waals surface area contributed by atoms with Crippen LogP contribution in [-0.2, 0) is 17.5 Å². The quantitative estimate of drug-likeness (QED) is 0.324. The van der Waals surface area contributed by atoms with Crippen LogP contribution in [0.5, 0.6) is 0 Å². The zero-order chi connectivity index (χ0) is 22.5. The maximum absolute atomic E-state index is 12.8. The minimum Gasteiger partial charge on any atom is -0.457 e. The molecule has 0 aromatic heterocycles. The Labute approximate surface area is 175 Å². The van der Waals surface area contributed by atoms with Gasteiger partial charge in [-0.25, -0.2) is 9.79 Å². The average molecular weight is 420 g/mol. The molecule has 0 aliphatic carbocycles. The minimum absolute atomic E-state index is 0.234. The van der Waals surface area contributed by atoms with E-state index in [0.717, 1.165) is 42.2 Å². The summed E-state index contributed by atoms with van der Waals surface area (Å²) in [5.74, 6) is 0.366. The van der Waals surface area contributed by atoms with Crippen LogP contribution in [-0.4, -0.2) is 30.3 Å². The molecule has 2 aromatic rings. The van der Waals surface area contributed by atoms with Crippen molar-refractivity contribution in [3.63, 3.8) is 0 Å². The molecule has 4 nitrogen and oxygen atoms in total. The molecule has 0 heterocycles. The summed E-state index contributed by atoms with van der Waals surface area (Å²) in [6, 6.07) is 8.30. The number of hydrogen-bond donors (Lipinski definition) is 0. The van der Waals surface area contributed by atoms with Crippen LogP contribution in [0, 0.1) is 13.8 Å². The van der Waals surface area contributed by atoms with Crippen molar-refractivity contribution in [3.8, 4) is 0 Å². The highest BCUT2D eigenvalue weighted by molar-refractivity contribution is 5.92. The second kappa shape index (κ2) is 9.78. The van der Waals surface area contributed by atoms with E-state index in [1.807, 2.05) is 33.9 Å². The lowest BCUT2D eigenvalue weighted by Gasteiger charge is -2.19. The van der Waals surface area contributed by atoms with Crippen LogP contribution in [0.2, 0.25) is 0 Å². The maximum atomic E-state index is 12.8. The third kappa shape index (κ3) is 5.84. The van der Waals surface area contributed by atoms with Crippen molar-refractivity contribution in [2.24, 2.45) is 4.99 Å². The Morgan fingerprint density at radius 3 is 2.40 bits per heavy atom. The highest BCUT2D eigenvalue weighted by atomic mass is 19.4. The van der Waals surface area contributed by atoms with Crippen LogP contribution in [0.25, 0.3) is 0 Å². The second-order valence-electron chi connectivity index (χ2n) is 7.12. The average Bonchev–Trinajstić information content (AvgIpc) is 2.71. The second-order valence-corrected chi connectivity index (χ2v) is 7.12. The van der Waals surface area contributed by atoms with Crippen LogP contribution in [0.15, 0.2) is 41.4 Å². The Morgan fingerprint density at radius 1 is 1.10 bits per heavy atom. The SMILES string of the molecule is CC/C(=N\c1cc(C)c(C(=O)OCc2cccc(C(F)(F)F)c2)cc1C)N(C)CC. The Hall–Kier alpha value is -2.83. The first-order chi connectivity index (χ1) is 14.1. The lowest BCUT2D eigenvalue weighted by atomic mass is 10.0. The normalized spacial score (nSPS) is 12.1. The lowest BCUT2D eigenvalue weighted by Crippen LogP contribution is -2.25. The van der Waals surface area contributed by atoms with Gasteiger partial charge in [-0.2, -0.15) is 13.2 Å². The Balaban J connectivity index is 2.19. The Morgan fingerprint density at radius 2 is 1.80 bits per heavy atom. The molecule has 0 N–H and O–H groups in total. The van der Waals surface area contributed by atoms with Crippen molar-refractivity contribution < 1.29 is 22.7 Å². The van der Waals surface area contributed by atoms with Gasteiger partial charge in [-0.3, -0.25) is 0 Å². The predicted molar refractivity (Wildman–Crippen MR) is 112 cm³/mol. The Kier molecular flexibility index (Phi) is 7.65. The third-order valence-electron chi connectivity index (χ3n) is 4.87. The predicted octanol–water partition coefficient (Wildman–Crippen LogP) is 6.07. The van der Waals surface area contributed by atoms with Gasteiger partial charge in [0.15, 0.2) is 0 Å². The topological polar surface area (TPSA) is 41.9 Å². The number of esters is 1. The van der Waals surface area contributed by atoms with Crippen molar-refractivity contribution in [1.29, 1.82) is 0 Å². The molecule has 0 radical (unpaired) electrons. The molecule has 0 atom stereocenters. The minimum atomic E-state index is -4.44. The van der Waals surface area contributed by atoms with Crippen LogP contribution < -0.4 is 0 Å². The summed E-state index contributed by atoms with van der Waals surface area (Å²) >= 11 is 0. The van der Waals surface area contributed by atoms with Crippen molar-refractivity contribution in [3.05, 3.63) is 64.2 Å². The fraction of sp³-hybridized carbons (Fsp3) is 0.391. The van der Waals surface area contributed by atoms with Gasteiger partial charge < -0.3 is 9.64 Å². The molecule has 30 heavy (non-hydrogen) atoms. The van der Waals surface area contributed by atoms with E-state index in [9.17, 15) is 18.0 Å². The molecule has 162 valence electrons. The first kappa shape index (κ1) is 23.4. The van der Waals surface area contributed by atoms with Gasteiger partial charge in [0.05, 0.1) is 16.8 Å². The van der Waals surface area contributed by atoms with Crippen molar-refractivity contribution >= 4 is 17.5 Å². The summed E-state index contributed by atoms with van der Waals surface area (Å²) in [5.41, 5.74) is 2.18. The molecule has 0 spiro atoms. The number of benzene rings is 2. The molecule has 0 unspecified atom stereocenters. The van der Waals surface area contributed by atoms with E-state index in [-0.39, 0.29) is 12.2 Å². The number of carbonyl (C=O) groups excluding carboxylic acids is 1. The number of nitrogens with zero attached hydrogens (tertiary/aromatic N) is 2. The van der Waals surface area contributed by atoms with E-state index < -0.39 is 17.7 Å². The Bertz CT molecular complexity index is 937. The number of carbonyl (C=O) groups is 1. The summed E-state index contributed by atoms with van der Waals surface area (Å²) in [6.07, 6.45) is -3.66. The van der Waals surface area contributed by atoms with Crippen LogP contribution in [0.3, 0.4) is 0 Å². The summed E-state index contributed by atoms with van der Waals surface area (Å²) < 4.78 is 43.8. The molecule has 0 fully saturated rings. The van der Waals surface area contributed by atoms with Crippen LogP contribution >= 0.6 is 0 Å². The lowest BCUT2D eigenvalue weighted by molar-refractivity contribution is -0.137.